The zero-order chi connectivity index (χ0) is 16.2. The molecule has 2 aromatic carbocycles. The first-order chi connectivity index (χ1) is 11.2. The summed E-state index contributed by atoms with van der Waals surface area (Å²) in [4.78, 5) is 8.93. The standard InChI is InChI=1S/C18H18N4O/c1-12-20-16(13-6-4-3-5-7-13)11-18(21-12)22-14-8-9-17(23-2)15(19)10-14/h3-11H,19H2,1-2H3,(H,20,21,22). The molecule has 5 nitrogen and oxygen atoms in total. The Balaban J connectivity index is 1.91. The molecule has 0 aliphatic carbocycles. The molecule has 0 aliphatic heterocycles. The molecule has 1 heterocycles. The van der Waals surface area contributed by atoms with Gasteiger partial charge in [-0.1, -0.05) is 30.3 Å². The molecule has 116 valence electrons. The van der Waals surface area contributed by atoms with Gasteiger partial charge >= 0.3 is 0 Å². The van der Waals surface area contributed by atoms with Gasteiger partial charge in [0.25, 0.3) is 0 Å². The number of hydrogen-bond acceptors (Lipinski definition) is 5. The highest BCUT2D eigenvalue weighted by Gasteiger charge is 2.06. The van der Waals surface area contributed by atoms with Crippen LogP contribution in [0.4, 0.5) is 17.2 Å². The van der Waals surface area contributed by atoms with Crippen LogP contribution in [-0.4, -0.2) is 17.1 Å². The molecule has 0 amide bonds. The van der Waals surface area contributed by atoms with Gasteiger partial charge in [-0.25, -0.2) is 9.97 Å². The smallest absolute Gasteiger partial charge is 0.141 e. The van der Waals surface area contributed by atoms with Crippen LogP contribution >= 0.6 is 0 Å². The van der Waals surface area contributed by atoms with E-state index in [1.165, 1.54) is 0 Å². The Morgan fingerprint density at radius 2 is 1.78 bits per heavy atom. The second kappa shape index (κ2) is 6.36. The number of nitrogens with zero attached hydrogens (tertiary/aromatic N) is 2. The average Bonchev–Trinajstić information content (AvgIpc) is 2.55. The number of nitrogens with two attached hydrogens (primary N) is 1. The van der Waals surface area contributed by atoms with Crippen LogP contribution in [-0.2, 0) is 0 Å². The van der Waals surface area contributed by atoms with Gasteiger partial charge in [-0.05, 0) is 25.1 Å². The van der Waals surface area contributed by atoms with Gasteiger partial charge in [0.05, 0.1) is 18.5 Å². The van der Waals surface area contributed by atoms with E-state index in [0.29, 0.717) is 17.3 Å². The molecule has 0 fully saturated rings. The number of nitrogen functional groups attached to an aromatic ring is 1. The zero-order valence-electron chi connectivity index (χ0n) is 13.1. The Morgan fingerprint density at radius 1 is 1.00 bits per heavy atom. The summed E-state index contributed by atoms with van der Waals surface area (Å²) in [5.74, 6) is 2.08. The summed E-state index contributed by atoms with van der Waals surface area (Å²) in [7, 11) is 1.60. The minimum atomic E-state index is 0.576. The average molecular weight is 306 g/mol. The van der Waals surface area contributed by atoms with Gasteiger partial charge in [0, 0.05) is 17.3 Å². The molecular weight excluding hydrogens is 288 g/mol. The van der Waals surface area contributed by atoms with E-state index < -0.39 is 0 Å². The van der Waals surface area contributed by atoms with Crippen molar-refractivity contribution in [3.63, 3.8) is 0 Å². The first kappa shape index (κ1) is 14.8. The SMILES string of the molecule is COc1ccc(Nc2cc(-c3ccccc3)nc(C)n2)cc1N. The van der Waals surface area contributed by atoms with E-state index in [-0.39, 0.29) is 0 Å². The number of hydrogen-bond donors (Lipinski definition) is 2. The highest BCUT2D eigenvalue weighted by Crippen LogP contribution is 2.27. The highest BCUT2D eigenvalue weighted by atomic mass is 16.5. The highest BCUT2D eigenvalue weighted by molar-refractivity contribution is 5.69. The number of ether oxygens (including phenoxy) is 1. The van der Waals surface area contributed by atoms with Crippen molar-refractivity contribution >= 4 is 17.2 Å². The summed E-state index contributed by atoms with van der Waals surface area (Å²) < 4.78 is 5.17. The molecule has 0 aliphatic rings. The maximum Gasteiger partial charge on any atom is 0.141 e. The van der Waals surface area contributed by atoms with Crippen LogP contribution in [0.1, 0.15) is 5.82 Å². The largest absolute Gasteiger partial charge is 0.495 e. The first-order valence-electron chi connectivity index (χ1n) is 7.27. The second-order valence-electron chi connectivity index (χ2n) is 5.13. The van der Waals surface area contributed by atoms with Crippen molar-refractivity contribution < 1.29 is 4.74 Å². The molecule has 3 N–H and O–H groups in total. The Bertz CT molecular complexity index is 819. The van der Waals surface area contributed by atoms with Crippen molar-refractivity contribution in [2.45, 2.75) is 6.92 Å². The lowest BCUT2D eigenvalue weighted by molar-refractivity contribution is 0.417. The summed E-state index contributed by atoms with van der Waals surface area (Å²) in [6.45, 7) is 1.88. The summed E-state index contributed by atoms with van der Waals surface area (Å²) >= 11 is 0. The van der Waals surface area contributed by atoms with E-state index in [0.717, 1.165) is 22.8 Å². The minimum absolute atomic E-state index is 0.576. The van der Waals surface area contributed by atoms with Crippen molar-refractivity contribution in [3.8, 4) is 17.0 Å². The molecule has 0 atom stereocenters. The van der Waals surface area contributed by atoms with Crippen molar-refractivity contribution in [1.82, 2.24) is 9.97 Å². The molecular formula is C18H18N4O. The Morgan fingerprint density at radius 3 is 2.48 bits per heavy atom. The van der Waals surface area contributed by atoms with Crippen LogP contribution in [0.3, 0.4) is 0 Å². The Hall–Kier alpha value is -3.08. The lowest BCUT2D eigenvalue weighted by Gasteiger charge is -2.11. The van der Waals surface area contributed by atoms with Crippen LogP contribution < -0.4 is 15.8 Å². The molecule has 0 saturated heterocycles. The van der Waals surface area contributed by atoms with Gasteiger partial charge in [-0.2, -0.15) is 0 Å². The lowest BCUT2D eigenvalue weighted by Crippen LogP contribution is -2.00. The van der Waals surface area contributed by atoms with Crippen molar-refractivity contribution in [2.75, 3.05) is 18.2 Å². The molecule has 0 bridgehead atoms. The fraction of sp³-hybridized carbons (Fsp3) is 0.111. The van der Waals surface area contributed by atoms with Crippen LogP contribution in [0.2, 0.25) is 0 Å². The van der Waals surface area contributed by atoms with Gasteiger partial charge in [-0.3, -0.25) is 0 Å². The van der Waals surface area contributed by atoms with E-state index in [2.05, 4.69) is 15.3 Å². The van der Waals surface area contributed by atoms with Crippen LogP contribution in [0.5, 0.6) is 5.75 Å². The topological polar surface area (TPSA) is 73.1 Å². The maximum absolute atomic E-state index is 5.94. The summed E-state index contributed by atoms with van der Waals surface area (Å²) in [5.41, 5.74) is 9.29. The van der Waals surface area contributed by atoms with Gasteiger partial charge in [0.1, 0.15) is 17.4 Å². The minimum Gasteiger partial charge on any atom is -0.495 e. The van der Waals surface area contributed by atoms with Crippen LogP contribution in [0.25, 0.3) is 11.3 Å². The fourth-order valence-corrected chi connectivity index (χ4v) is 2.35. The van der Waals surface area contributed by atoms with Crippen LogP contribution in [0, 0.1) is 6.92 Å². The van der Waals surface area contributed by atoms with Crippen molar-refractivity contribution in [3.05, 3.63) is 60.4 Å². The van der Waals surface area contributed by atoms with Gasteiger partial charge < -0.3 is 15.8 Å². The monoisotopic (exact) mass is 306 g/mol. The molecule has 1 aromatic heterocycles. The molecule has 23 heavy (non-hydrogen) atoms. The molecule has 0 unspecified atom stereocenters. The third-order valence-electron chi connectivity index (χ3n) is 3.41. The van der Waals surface area contributed by atoms with Gasteiger partial charge in [0.15, 0.2) is 0 Å². The maximum atomic E-state index is 5.94. The number of nitrogens with one attached hydrogen (secondary N) is 1. The van der Waals surface area contributed by atoms with E-state index >= 15 is 0 Å². The van der Waals surface area contributed by atoms with Crippen molar-refractivity contribution in [2.24, 2.45) is 0 Å². The molecule has 5 heteroatoms. The molecule has 3 aromatic rings. The van der Waals surface area contributed by atoms with Gasteiger partial charge in [0.2, 0.25) is 0 Å². The third kappa shape index (κ3) is 3.40. The van der Waals surface area contributed by atoms with Gasteiger partial charge in [-0.15, -0.1) is 0 Å². The van der Waals surface area contributed by atoms with E-state index in [4.69, 9.17) is 10.5 Å². The quantitative estimate of drug-likeness (QED) is 0.717. The summed E-state index contributed by atoms with van der Waals surface area (Å²) in [6.07, 6.45) is 0. The van der Waals surface area contributed by atoms with Crippen LogP contribution in [0.15, 0.2) is 54.6 Å². The lowest BCUT2D eigenvalue weighted by atomic mass is 10.1. The molecule has 3 rings (SSSR count). The Labute approximate surface area is 135 Å². The predicted molar refractivity (Wildman–Crippen MR) is 92.9 cm³/mol. The van der Waals surface area contributed by atoms with E-state index in [9.17, 15) is 0 Å². The predicted octanol–water partition coefficient (Wildman–Crippen LogP) is 3.79. The first-order valence-corrected chi connectivity index (χ1v) is 7.27. The molecule has 0 saturated carbocycles. The fourth-order valence-electron chi connectivity index (χ4n) is 2.35. The number of methoxy groups -OCH3 is 1. The Kier molecular flexibility index (Phi) is 4.10. The summed E-state index contributed by atoms with van der Waals surface area (Å²) in [6, 6.07) is 17.5. The summed E-state index contributed by atoms with van der Waals surface area (Å²) in [5, 5.41) is 3.26. The zero-order valence-corrected chi connectivity index (χ0v) is 13.1. The number of aromatic nitrogens is 2. The third-order valence-corrected chi connectivity index (χ3v) is 3.41. The van der Waals surface area contributed by atoms with E-state index in [1.807, 2.05) is 61.5 Å². The molecule has 0 spiro atoms. The number of aryl methyl sites for hydroxylation is 1. The number of rotatable bonds is 4. The molecule has 0 radical (unpaired) electrons. The normalized spacial score (nSPS) is 10.3. The second-order valence-corrected chi connectivity index (χ2v) is 5.13. The van der Waals surface area contributed by atoms with E-state index in [1.54, 1.807) is 7.11 Å². The number of anilines is 3. The van der Waals surface area contributed by atoms with Crippen molar-refractivity contribution in [1.29, 1.82) is 0 Å². The number of benzene rings is 2.